The van der Waals surface area contributed by atoms with Gasteiger partial charge in [-0.15, -0.1) is 0 Å². The number of nitrogen functional groups attached to an aromatic ring is 1. The Morgan fingerprint density at radius 1 is 1.35 bits per heavy atom. The van der Waals surface area contributed by atoms with Crippen molar-refractivity contribution in [2.75, 3.05) is 31.2 Å². The van der Waals surface area contributed by atoms with Gasteiger partial charge in [-0.25, -0.2) is 9.97 Å². The molecule has 3 rings (SSSR count). The van der Waals surface area contributed by atoms with Crippen LogP contribution in [0.4, 0.5) is 11.6 Å². The number of benzene rings is 1. The first-order valence-corrected chi connectivity index (χ1v) is 11.1. The molecule has 0 bridgehead atoms. The van der Waals surface area contributed by atoms with E-state index in [-0.39, 0.29) is 23.8 Å². The average molecular weight is 446 g/mol. The number of amides is 1. The van der Waals surface area contributed by atoms with Crippen LogP contribution in [0.5, 0.6) is 5.75 Å². The van der Waals surface area contributed by atoms with Crippen molar-refractivity contribution in [1.82, 2.24) is 14.9 Å². The zero-order valence-corrected chi connectivity index (χ0v) is 19.9. The summed E-state index contributed by atoms with van der Waals surface area (Å²) in [6.45, 7) is 11.4. The second-order valence-corrected chi connectivity index (χ2v) is 8.82. The lowest BCUT2D eigenvalue weighted by Crippen LogP contribution is -2.48. The van der Waals surface area contributed by atoms with E-state index in [0.717, 1.165) is 28.0 Å². The minimum Gasteiger partial charge on any atom is -0.496 e. The molecule has 2 aromatic rings. The van der Waals surface area contributed by atoms with Crippen molar-refractivity contribution < 1.29 is 9.53 Å². The van der Waals surface area contributed by atoms with E-state index < -0.39 is 0 Å². The van der Waals surface area contributed by atoms with Gasteiger partial charge in [0.25, 0.3) is 0 Å². The summed E-state index contributed by atoms with van der Waals surface area (Å²) in [5, 5.41) is 4.16. The SMILES string of the molecule is CCC(=O)N1CC(c2c(C)c(Cl)cc(C(C)Nc3ncnc(N)c3C(C)C)c2OC)C1. The van der Waals surface area contributed by atoms with Crippen molar-refractivity contribution in [3.63, 3.8) is 0 Å². The molecule has 7 nitrogen and oxygen atoms in total. The molecular formula is C23H32ClN5O2. The van der Waals surface area contributed by atoms with Crippen LogP contribution in [-0.2, 0) is 4.79 Å². The average Bonchev–Trinajstić information content (AvgIpc) is 2.69. The number of hydrogen-bond donors (Lipinski definition) is 2. The number of nitrogens with zero attached hydrogens (tertiary/aromatic N) is 3. The number of carbonyl (C=O) groups excluding carboxylic acids is 1. The van der Waals surface area contributed by atoms with Gasteiger partial charge in [-0.05, 0) is 31.4 Å². The Hall–Kier alpha value is -2.54. The molecule has 168 valence electrons. The molecule has 1 fully saturated rings. The highest BCUT2D eigenvalue weighted by atomic mass is 35.5. The van der Waals surface area contributed by atoms with Crippen molar-refractivity contribution in [2.24, 2.45) is 0 Å². The fourth-order valence-electron chi connectivity index (χ4n) is 4.27. The molecular weight excluding hydrogens is 414 g/mol. The highest BCUT2D eigenvalue weighted by Crippen LogP contribution is 2.44. The lowest BCUT2D eigenvalue weighted by atomic mass is 9.85. The van der Waals surface area contributed by atoms with Crippen LogP contribution in [0.2, 0.25) is 5.02 Å². The van der Waals surface area contributed by atoms with E-state index in [4.69, 9.17) is 22.1 Å². The molecule has 0 saturated carbocycles. The molecule has 2 heterocycles. The topological polar surface area (TPSA) is 93.4 Å². The second-order valence-electron chi connectivity index (χ2n) is 8.41. The normalized spacial score (nSPS) is 15.0. The van der Waals surface area contributed by atoms with E-state index in [1.54, 1.807) is 7.11 Å². The molecule has 1 aromatic carbocycles. The van der Waals surface area contributed by atoms with E-state index >= 15 is 0 Å². The van der Waals surface area contributed by atoms with E-state index in [1.165, 1.54) is 6.33 Å². The van der Waals surface area contributed by atoms with Gasteiger partial charge >= 0.3 is 0 Å². The molecule has 1 amide bonds. The molecule has 1 saturated heterocycles. The summed E-state index contributed by atoms with van der Waals surface area (Å²) >= 11 is 6.64. The maximum Gasteiger partial charge on any atom is 0.222 e. The van der Waals surface area contributed by atoms with Crippen LogP contribution in [0.3, 0.4) is 0 Å². The summed E-state index contributed by atoms with van der Waals surface area (Å²) in [5.74, 6) is 2.54. The van der Waals surface area contributed by atoms with Gasteiger partial charge in [0.05, 0.1) is 13.2 Å². The molecule has 1 atom stereocenters. The minimum atomic E-state index is -0.132. The summed E-state index contributed by atoms with van der Waals surface area (Å²) in [6, 6.07) is 1.82. The summed E-state index contributed by atoms with van der Waals surface area (Å²) in [6.07, 6.45) is 1.99. The van der Waals surface area contributed by atoms with E-state index in [1.807, 2.05) is 31.7 Å². The molecule has 1 aliphatic heterocycles. The number of halogens is 1. The zero-order chi connectivity index (χ0) is 22.9. The van der Waals surface area contributed by atoms with Crippen LogP contribution < -0.4 is 15.8 Å². The Balaban J connectivity index is 1.96. The van der Waals surface area contributed by atoms with Gasteiger partial charge in [0, 0.05) is 47.1 Å². The third-order valence-electron chi connectivity index (χ3n) is 6.01. The molecule has 0 aliphatic carbocycles. The predicted octanol–water partition coefficient (Wildman–Crippen LogP) is 4.66. The molecule has 1 aromatic heterocycles. The number of aromatic nitrogens is 2. The first-order chi connectivity index (χ1) is 14.7. The van der Waals surface area contributed by atoms with Crippen molar-refractivity contribution in [1.29, 1.82) is 0 Å². The number of nitrogens with two attached hydrogens (primary N) is 1. The molecule has 3 N–H and O–H groups in total. The summed E-state index contributed by atoms with van der Waals surface area (Å²) in [4.78, 5) is 22.4. The summed E-state index contributed by atoms with van der Waals surface area (Å²) in [7, 11) is 1.68. The van der Waals surface area contributed by atoms with Gasteiger partial charge in [0.15, 0.2) is 0 Å². The van der Waals surface area contributed by atoms with Gasteiger partial charge in [0.1, 0.15) is 23.7 Å². The standard InChI is InChI=1S/C23H32ClN5O2/c1-7-18(30)29-9-15(10-29)20-13(4)17(24)8-16(21(20)31-6)14(5)28-23-19(12(2)3)22(25)26-11-27-23/h8,11-12,14-15H,7,9-10H2,1-6H3,(H3,25,26,27,28). The largest absolute Gasteiger partial charge is 0.496 e. The van der Waals surface area contributed by atoms with Crippen LogP contribution in [0.15, 0.2) is 12.4 Å². The quantitative estimate of drug-likeness (QED) is 0.643. The van der Waals surface area contributed by atoms with Gasteiger partial charge in [0.2, 0.25) is 5.91 Å². The van der Waals surface area contributed by atoms with Crippen LogP contribution in [0.25, 0.3) is 0 Å². The predicted molar refractivity (Wildman–Crippen MR) is 125 cm³/mol. The smallest absolute Gasteiger partial charge is 0.222 e. The Labute approximate surface area is 189 Å². The Bertz CT molecular complexity index is 973. The van der Waals surface area contributed by atoms with Crippen molar-refractivity contribution in [3.05, 3.63) is 39.7 Å². The van der Waals surface area contributed by atoms with Crippen molar-refractivity contribution >= 4 is 29.1 Å². The van der Waals surface area contributed by atoms with Crippen LogP contribution in [0.1, 0.15) is 74.2 Å². The highest BCUT2D eigenvalue weighted by molar-refractivity contribution is 6.31. The summed E-state index contributed by atoms with van der Waals surface area (Å²) < 4.78 is 5.89. The maximum atomic E-state index is 12.0. The molecule has 0 radical (unpaired) electrons. The van der Waals surface area contributed by atoms with E-state index in [0.29, 0.717) is 36.2 Å². The minimum absolute atomic E-state index is 0.132. The number of methoxy groups -OCH3 is 1. The number of rotatable bonds is 7. The zero-order valence-electron chi connectivity index (χ0n) is 19.1. The van der Waals surface area contributed by atoms with E-state index in [2.05, 4.69) is 29.1 Å². The molecule has 31 heavy (non-hydrogen) atoms. The first-order valence-electron chi connectivity index (χ1n) is 10.7. The molecule has 1 unspecified atom stereocenters. The number of hydrogen-bond acceptors (Lipinski definition) is 6. The third kappa shape index (κ3) is 4.42. The van der Waals surface area contributed by atoms with Crippen LogP contribution >= 0.6 is 11.6 Å². The van der Waals surface area contributed by atoms with Gasteiger partial charge in [-0.3, -0.25) is 4.79 Å². The molecule has 0 spiro atoms. The Morgan fingerprint density at radius 2 is 2.03 bits per heavy atom. The van der Waals surface area contributed by atoms with Crippen LogP contribution in [-0.4, -0.2) is 41.0 Å². The number of nitrogens with one attached hydrogen (secondary N) is 1. The van der Waals surface area contributed by atoms with Crippen molar-refractivity contribution in [3.8, 4) is 5.75 Å². The van der Waals surface area contributed by atoms with Crippen molar-refractivity contribution in [2.45, 2.75) is 58.9 Å². The monoisotopic (exact) mass is 445 g/mol. The fourth-order valence-corrected chi connectivity index (χ4v) is 4.49. The maximum absolute atomic E-state index is 12.0. The van der Waals surface area contributed by atoms with Crippen LogP contribution in [0, 0.1) is 6.92 Å². The third-order valence-corrected chi connectivity index (χ3v) is 6.40. The number of carbonyl (C=O) groups is 1. The number of ether oxygens (including phenoxy) is 1. The highest BCUT2D eigenvalue weighted by Gasteiger charge is 2.35. The Kier molecular flexibility index (Phi) is 6.94. The Morgan fingerprint density at radius 3 is 2.61 bits per heavy atom. The number of anilines is 2. The first kappa shape index (κ1) is 23.1. The van der Waals surface area contributed by atoms with Gasteiger partial charge in [-0.1, -0.05) is 32.4 Å². The van der Waals surface area contributed by atoms with Gasteiger partial charge < -0.3 is 20.7 Å². The van der Waals surface area contributed by atoms with E-state index in [9.17, 15) is 4.79 Å². The fraction of sp³-hybridized carbons (Fsp3) is 0.522. The lowest BCUT2D eigenvalue weighted by Gasteiger charge is -2.41. The van der Waals surface area contributed by atoms with Gasteiger partial charge in [-0.2, -0.15) is 0 Å². The summed E-state index contributed by atoms with van der Waals surface area (Å²) in [5.41, 5.74) is 10.0. The molecule has 8 heteroatoms. The second kappa shape index (κ2) is 9.30. The lowest BCUT2D eigenvalue weighted by molar-refractivity contribution is -0.135. The number of likely N-dealkylation sites (tertiary alicyclic amines) is 1. The molecule has 1 aliphatic rings.